The quantitative estimate of drug-likeness (QED) is 0.827. The van der Waals surface area contributed by atoms with Crippen LogP contribution in [0.2, 0.25) is 0 Å². The van der Waals surface area contributed by atoms with Gasteiger partial charge in [-0.25, -0.2) is 4.79 Å². The summed E-state index contributed by atoms with van der Waals surface area (Å²) in [6.07, 6.45) is 0.336. The minimum absolute atomic E-state index is 0.0714. The molecule has 1 saturated heterocycles. The summed E-state index contributed by atoms with van der Waals surface area (Å²) in [6, 6.07) is 9.36. The minimum atomic E-state index is -0.244. The van der Waals surface area contributed by atoms with Crippen molar-refractivity contribution in [3.63, 3.8) is 0 Å². The molecule has 6 heteroatoms. The molecule has 6 nitrogen and oxygen atoms in total. The Labute approximate surface area is 137 Å². The fraction of sp³-hybridized carbons (Fsp3) is 0.529. The number of amides is 3. The zero-order valence-corrected chi connectivity index (χ0v) is 13.7. The fourth-order valence-corrected chi connectivity index (χ4v) is 2.77. The summed E-state index contributed by atoms with van der Waals surface area (Å²) in [7, 11) is 0. The minimum Gasteiger partial charge on any atom is -0.395 e. The van der Waals surface area contributed by atoms with E-state index in [4.69, 9.17) is 0 Å². The molecule has 0 radical (unpaired) electrons. The Morgan fingerprint density at radius 1 is 1.39 bits per heavy atom. The van der Waals surface area contributed by atoms with Gasteiger partial charge in [0.05, 0.1) is 12.6 Å². The van der Waals surface area contributed by atoms with Gasteiger partial charge in [-0.05, 0) is 19.4 Å². The maximum Gasteiger partial charge on any atom is 0.318 e. The Kier molecular flexibility index (Phi) is 5.98. The zero-order chi connectivity index (χ0) is 16.8. The third kappa shape index (κ3) is 4.69. The average Bonchev–Trinajstić information content (AvgIpc) is 2.88. The van der Waals surface area contributed by atoms with E-state index in [-0.39, 0.29) is 37.2 Å². The molecule has 2 rings (SSSR count). The SMILES string of the molecule is CC(C)N1CC(NC(=O)N(CCO)Cc2ccccc2)CC1=O. The molecular formula is C17H25N3O3. The number of nitrogens with one attached hydrogen (secondary N) is 1. The van der Waals surface area contributed by atoms with E-state index in [1.54, 1.807) is 9.80 Å². The number of carbonyl (C=O) groups is 2. The first-order chi connectivity index (χ1) is 11.0. The Morgan fingerprint density at radius 2 is 2.09 bits per heavy atom. The highest BCUT2D eigenvalue weighted by molar-refractivity contribution is 5.82. The molecule has 1 fully saturated rings. The summed E-state index contributed by atoms with van der Waals surface area (Å²) in [6.45, 7) is 5.07. The lowest BCUT2D eigenvalue weighted by Gasteiger charge is -2.25. The van der Waals surface area contributed by atoms with Crippen molar-refractivity contribution in [3.8, 4) is 0 Å². The number of rotatable bonds is 6. The van der Waals surface area contributed by atoms with E-state index in [0.29, 0.717) is 19.5 Å². The summed E-state index contributed by atoms with van der Waals surface area (Å²) >= 11 is 0. The van der Waals surface area contributed by atoms with Crippen molar-refractivity contribution < 1.29 is 14.7 Å². The second kappa shape index (κ2) is 7.97. The molecule has 23 heavy (non-hydrogen) atoms. The van der Waals surface area contributed by atoms with E-state index in [9.17, 15) is 14.7 Å². The number of urea groups is 1. The van der Waals surface area contributed by atoms with Crippen LogP contribution in [0.15, 0.2) is 30.3 Å². The molecule has 1 heterocycles. The molecular weight excluding hydrogens is 294 g/mol. The number of hydrogen-bond donors (Lipinski definition) is 2. The Balaban J connectivity index is 1.95. The standard InChI is InChI=1S/C17H25N3O3/c1-13(2)20-12-15(10-16(20)22)18-17(23)19(8-9-21)11-14-6-4-3-5-7-14/h3-7,13,15,21H,8-12H2,1-2H3,(H,18,23). The molecule has 1 aliphatic rings. The molecule has 0 aromatic heterocycles. The van der Waals surface area contributed by atoms with Gasteiger partial charge in [0.25, 0.3) is 0 Å². The highest BCUT2D eigenvalue weighted by Gasteiger charge is 2.32. The first-order valence-corrected chi connectivity index (χ1v) is 8.01. The van der Waals surface area contributed by atoms with Gasteiger partial charge in [-0.3, -0.25) is 4.79 Å². The van der Waals surface area contributed by atoms with Crippen LogP contribution in [0.3, 0.4) is 0 Å². The van der Waals surface area contributed by atoms with Gasteiger partial charge in [-0.15, -0.1) is 0 Å². The average molecular weight is 319 g/mol. The normalized spacial score (nSPS) is 17.7. The molecule has 0 spiro atoms. The lowest BCUT2D eigenvalue weighted by molar-refractivity contribution is -0.129. The molecule has 126 valence electrons. The van der Waals surface area contributed by atoms with E-state index in [2.05, 4.69) is 5.32 Å². The van der Waals surface area contributed by atoms with Crippen LogP contribution in [0, 0.1) is 0 Å². The topological polar surface area (TPSA) is 72.9 Å². The zero-order valence-electron chi connectivity index (χ0n) is 13.7. The number of nitrogens with zero attached hydrogens (tertiary/aromatic N) is 2. The highest BCUT2D eigenvalue weighted by Crippen LogP contribution is 2.15. The first kappa shape index (κ1) is 17.3. The van der Waals surface area contributed by atoms with Crippen LogP contribution in [0.5, 0.6) is 0 Å². The van der Waals surface area contributed by atoms with Crippen molar-refractivity contribution in [3.05, 3.63) is 35.9 Å². The molecule has 0 aliphatic carbocycles. The second-order valence-electron chi connectivity index (χ2n) is 6.12. The number of aliphatic hydroxyl groups is 1. The first-order valence-electron chi connectivity index (χ1n) is 8.01. The third-order valence-electron chi connectivity index (χ3n) is 3.98. The van der Waals surface area contributed by atoms with Gasteiger partial charge in [0, 0.05) is 32.1 Å². The number of aliphatic hydroxyl groups excluding tert-OH is 1. The maximum absolute atomic E-state index is 12.5. The van der Waals surface area contributed by atoms with Crippen LogP contribution >= 0.6 is 0 Å². The number of hydrogen-bond acceptors (Lipinski definition) is 3. The summed E-state index contributed by atoms with van der Waals surface area (Å²) in [5.74, 6) is 0.0714. The van der Waals surface area contributed by atoms with Crippen molar-refractivity contribution in [2.45, 2.75) is 38.9 Å². The second-order valence-corrected chi connectivity index (χ2v) is 6.12. The van der Waals surface area contributed by atoms with Crippen LogP contribution in [-0.4, -0.2) is 58.6 Å². The van der Waals surface area contributed by atoms with Gasteiger partial charge in [0.2, 0.25) is 5.91 Å². The van der Waals surface area contributed by atoms with E-state index in [1.165, 1.54) is 0 Å². The van der Waals surface area contributed by atoms with Crippen molar-refractivity contribution in [2.75, 3.05) is 19.7 Å². The summed E-state index contributed by atoms with van der Waals surface area (Å²) in [5.41, 5.74) is 1.00. The summed E-state index contributed by atoms with van der Waals surface area (Å²) < 4.78 is 0. The molecule has 1 atom stereocenters. The molecule has 3 amide bonds. The van der Waals surface area contributed by atoms with E-state index in [0.717, 1.165) is 5.56 Å². The summed E-state index contributed by atoms with van der Waals surface area (Å²) in [4.78, 5) is 27.7. The molecule has 1 unspecified atom stereocenters. The lowest BCUT2D eigenvalue weighted by Crippen LogP contribution is -2.46. The van der Waals surface area contributed by atoms with Gasteiger partial charge >= 0.3 is 6.03 Å². The predicted molar refractivity (Wildman–Crippen MR) is 87.7 cm³/mol. The Morgan fingerprint density at radius 3 is 2.65 bits per heavy atom. The van der Waals surface area contributed by atoms with Crippen LogP contribution in [0.1, 0.15) is 25.8 Å². The van der Waals surface area contributed by atoms with Crippen molar-refractivity contribution in [1.82, 2.24) is 15.1 Å². The van der Waals surface area contributed by atoms with Crippen molar-refractivity contribution >= 4 is 11.9 Å². The van der Waals surface area contributed by atoms with E-state index >= 15 is 0 Å². The highest BCUT2D eigenvalue weighted by atomic mass is 16.3. The number of likely N-dealkylation sites (tertiary alicyclic amines) is 1. The van der Waals surface area contributed by atoms with Gasteiger partial charge in [0.1, 0.15) is 0 Å². The van der Waals surface area contributed by atoms with Crippen LogP contribution in [0.25, 0.3) is 0 Å². The predicted octanol–water partition coefficient (Wildman–Crippen LogP) is 1.20. The Hall–Kier alpha value is -2.08. The van der Waals surface area contributed by atoms with E-state index < -0.39 is 0 Å². The largest absolute Gasteiger partial charge is 0.395 e. The van der Waals surface area contributed by atoms with Crippen molar-refractivity contribution in [1.29, 1.82) is 0 Å². The molecule has 1 aromatic rings. The Bertz CT molecular complexity index is 533. The van der Waals surface area contributed by atoms with Gasteiger partial charge < -0.3 is 20.2 Å². The van der Waals surface area contributed by atoms with Gasteiger partial charge in [-0.2, -0.15) is 0 Å². The van der Waals surface area contributed by atoms with Crippen LogP contribution < -0.4 is 5.32 Å². The maximum atomic E-state index is 12.5. The molecule has 1 aliphatic heterocycles. The van der Waals surface area contributed by atoms with Crippen molar-refractivity contribution in [2.24, 2.45) is 0 Å². The molecule has 0 saturated carbocycles. The van der Waals surface area contributed by atoms with Crippen LogP contribution in [0.4, 0.5) is 4.79 Å². The fourth-order valence-electron chi connectivity index (χ4n) is 2.77. The van der Waals surface area contributed by atoms with Gasteiger partial charge in [0.15, 0.2) is 0 Å². The molecule has 1 aromatic carbocycles. The lowest BCUT2D eigenvalue weighted by atomic mass is 10.2. The molecule has 0 bridgehead atoms. The monoisotopic (exact) mass is 319 g/mol. The molecule has 2 N–H and O–H groups in total. The number of carbonyl (C=O) groups excluding carboxylic acids is 2. The van der Waals surface area contributed by atoms with E-state index in [1.807, 2.05) is 44.2 Å². The number of benzene rings is 1. The summed E-state index contributed by atoms with van der Waals surface area (Å²) in [5, 5.41) is 12.1. The third-order valence-corrected chi connectivity index (χ3v) is 3.98. The smallest absolute Gasteiger partial charge is 0.318 e. The van der Waals surface area contributed by atoms with Gasteiger partial charge in [-0.1, -0.05) is 30.3 Å². The van der Waals surface area contributed by atoms with Crippen LogP contribution in [-0.2, 0) is 11.3 Å².